The summed E-state index contributed by atoms with van der Waals surface area (Å²) in [5, 5.41) is 4.74. The highest BCUT2D eigenvalue weighted by molar-refractivity contribution is 7.17. The van der Waals surface area contributed by atoms with Crippen LogP contribution in [0.15, 0.2) is 64.9 Å². The summed E-state index contributed by atoms with van der Waals surface area (Å²) in [4.78, 5) is 30.0. The first-order valence-electron chi connectivity index (χ1n) is 9.54. The maximum Gasteiger partial charge on any atom is 0.356 e. The van der Waals surface area contributed by atoms with Gasteiger partial charge in [-0.3, -0.25) is 9.78 Å². The second-order valence-corrected chi connectivity index (χ2v) is 7.98. The topological polar surface area (TPSA) is 86.4 Å². The van der Waals surface area contributed by atoms with Crippen LogP contribution in [-0.2, 0) is 16.1 Å². The Hall–Kier alpha value is -3.39. The summed E-state index contributed by atoms with van der Waals surface area (Å²) < 4.78 is 13.9. The molecule has 0 aliphatic rings. The smallest absolute Gasteiger partial charge is 0.356 e. The number of nitrogens with zero attached hydrogens (tertiary/aromatic N) is 2. The van der Waals surface area contributed by atoms with Crippen LogP contribution in [0.3, 0.4) is 0 Å². The molecule has 4 heterocycles. The summed E-state index contributed by atoms with van der Waals surface area (Å²) in [5.41, 5.74) is 1.88. The number of amides is 1. The molecule has 0 aliphatic heterocycles. The van der Waals surface area contributed by atoms with E-state index in [-0.39, 0.29) is 12.6 Å². The molecule has 30 heavy (non-hydrogen) atoms. The quantitative estimate of drug-likeness (QED) is 0.443. The van der Waals surface area contributed by atoms with Gasteiger partial charge in [0.15, 0.2) is 0 Å². The van der Waals surface area contributed by atoms with E-state index in [0.717, 1.165) is 10.2 Å². The van der Waals surface area contributed by atoms with Gasteiger partial charge < -0.3 is 19.0 Å². The van der Waals surface area contributed by atoms with E-state index in [1.54, 1.807) is 41.8 Å². The fourth-order valence-electron chi connectivity index (χ4n) is 3.31. The number of ether oxygens (including phenoxy) is 1. The number of hydrogen-bond donors (Lipinski definition) is 1. The number of esters is 1. The van der Waals surface area contributed by atoms with E-state index in [0.29, 0.717) is 17.0 Å². The second-order valence-electron chi connectivity index (χ2n) is 7.03. The molecular weight excluding hydrogens is 402 g/mol. The summed E-state index contributed by atoms with van der Waals surface area (Å²) >= 11 is 1.56. The van der Waals surface area contributed by atoms with Crippen LogP contribution >= 0.6 is 11.3 Å². The number of pyridine rings is 1. The van der Waals surface area contributed by atoms with Crippen LogP contribution in [-0.4, -0.2) is 21.4 Å². The van der Waals surface area contributed by atoms with Gasteiger partial charge in [0.25, 0.3) is 5.91 Å². The van der Waals surface area contributed by atoms with Crippen molar-refractivity contribution in [3.63, 3.8) is 0 Å². The van der Waals surface area contributed by atoms with Gasteiger partial charge in [-0.15, -0.1) is 11.3 Å². The van der Waals surface area contributed by atoms with E-state index < -0.39 is 18.0 Å². The number of carbonyl (C=O) groups excluding carboxylic acids is 2. The number of nitrogens with one attached hydrogen (secondary N) is 1. The molecule has 8 heteroatoms. The predicted octanol–water partition coefficient (Wildman–Crippen LogP) is 4.49. The van der Waals surface area contributed by atoms with E-state index in [1.807, 2.05) is 35.9 Å². The third-order valence-corrected chi connectivity index (χ3v) is 5.51. The van der Waals surface area contributed by atoms with Crippen LogP contribution in [0, 0.1) is 0 Å². The molecule has 1 atom stereocenters. The third-order valence-electron chi connectivity index (χ3n) is 4.65. The highest BCUT2D eigenvalue weighted by Crippen LogP contribution is 2.30. The first-order valence-corrected chi connectivity index (χ1v) is 10.4. The molecule has 0 spiro atoms. The van der Waals surface area contributed by atoms with E-state index >= 15 is 0 Å². The van der Waals surface area contributed by atoms with Gasteiger partial charge in [-0.2, -0.15) is 0 Å². The summed E-state index contributed by atoms with van der Waals surface area (Å²) in [6, 6.07) is 10.7. The van der Waals surface area contributed by atoms with Crippen molar-refractivity contribution in [1.29, 1.82) is 0 Å². The fourth-order valence-corrected chi connectivity index (χ4v) is 4.12. The lowest BCUT2D eigenvalue weighted by Gasteiger charge is -2.19. The Kier molecular flexibility index (Phi) is 5.67. The van der Waals surface area contributed by atoms with Gasteiger partial charge in [-0.25, -0.2) is 4.79 Å². The number of aromatic nitrogens is 2. The Morgan fingerprint density at radius 1 is 1.27 bits per heavy atom. The lowest BCUT2D eigenvalue weighted by atomic mass is 10.1. The molecule has 7 nitrogen and oxygen atoms in total. The molecule has 1 unspecified atom stereocenters. The Labute approximate surface area is 177 Å². The zero-order chi connectivity index (χ0) is 21.1. The molecule has 0 radical (unpaired) electrons. The molecular formula is C22H21N3O4S. The fraction of sp³-hybridized carbons (Fsp3) is 0.227. The average molecular weight is 423 g/mol. The summed E-state index contributed by atoms with van der Waals surface area (Å²) in [7, 11) is 0. The van der Waals surface area contributed by atoms with Crippen LogP contribution in [0.2, 0.25) is 0 Å². The number of furan rings is 1. The van der Waals surface area contributed by atoms with E-state index in [4.69, 9.17) is 9.15 Å². The predicted molar refractivity (Wildman–Crippen MR) is 113 cm³/mol. The van der Waals surface area contributed by atoms with Crippen molar-refractivity contribution < 1.29 is 18.7 Å². The van der Waals surface area contributed by atoms with Crippen LogP contribution in [0.4, 0.5) is 0 Å². The van der Waals surface area contributed by atoms with Crippen molar-refractivity contribution in [3.05, 3.63) is 77.5 Å². The molecule has 1 N–H and O–H groups in total. The molecule has 0 aliphatic carbocycles. The van der Waals surface area contributed by atoms with Gasteiger partial charge >= 0.3 is 5.97 Å². The lowest BCUT2D eigenvalue weighted by Crippen LogP contribution is -2.32. The van der Waals surface area contributed by atoms with Crippen LogP contribution < -0.4 is 5.32 Å². The monoisotopic (exact) mass is 423 g/mol. The first-order chi connectivity index (χ1) is 14.5. The Morgan fingerprint density at radius 2 is 2.13 bits per heavy atom. The summed E-state index contributed by atoms with van der Waals surface area (Å²) in [5.74, 6) is -0.403. The van der Waals surface area contributed by atoms with Crippen molar-refractivity contribution in [1.82, 2.24) is 14.9 Å². The van der Waals surface area contributed by atoms with Gasteiger partial charge in [-0.1, -0.05) is 6.07 Å². The molecule has 1 amide bonds. The van der Waals surface area contributed by atoms with Crippen LogP contribution in [0.25, 0.3) is 10.2 Å². The maximum atomic E-state index is 13.1. The average Bonchev–Trinajstić information content (AvgIpc) is 3.47. The van der Waals surface area contributed by atoms with Crippen molar-refractivity contribution in [2.24, 2.45) is 0 Å². The standard InChI is InChI=1S/C22H21N3O4S/c1-14(2)25-17-7-10-30-19(17)11-18(25)22(27)29-20(15-5-3-8-23-12-15)21(26)24-13-16-6-4-9-28-16/h3-12,14,20H,13H2,1-2H3,(H,24,26). The highest BCUT2D eigenvalue weighted by Gasteiger charge is 2.28. The van der Waals surface area contributed by atoms with Gasteiger partial charge in [0.1, 0.15) is 11.5 Å². The Morgan fingerprint density at radius 3 is 2.83 bits per heavy atom. The Balaban J connectivity index is 1.60. The van der Waals surface area contributed by atoms with Crippen molar-refractivity contribution in [3.8, 4) is 0 Å². The molecule has 0 aromatic carbocycles. The summed E-state index contributed by atoms with van der Waals surface area (Å²) in [6.45, 7) is 4.20. The maximum absolute atomic E-state index is 13.1. The SMILES string of the molecule is CC(C)n1c(C(=O)OC(C(=O)NCc2ccco2)c2cccnc2)cc2sccc21. The molecule has 4 aromatic rings. The molecule has 4 rings (SSSR count). The molecule has 154 valence electrons. The van der Waals surface area contributed by atoms with Gasteiger partial charge in [0.05, 0.1) is 23.0 Å². The third kappa shape index (κ3) is 3.99. The molecule has 0 saturated heterocycles. The van der Waals surface area contributed by atoms with E-state index in [9.17, 15) is 9.59 Å². The van der Waals surface area contributed by atoms with Gasteiger partial charge in [-0.05, 0) is 49.6 Å². The number of fused-ring (bicyclic) bond motifs is 1. The second kappa shape index (κ2) is 8.54. The highest BCUT2D eigenvalue weighted by atomic mass is 32.1. The van der Waals surface area contributed by atoms with Crippen molar-refractivity contribution >= 4 is 33.4 Å². The van der Waals surface area contributed by atoms with Gasteiger partial charge in [0.2, 0.25) is 6.10 Å². The van der Waals surface area contributed by atoms with Crippen LogP contribution in [0.5, 0.6) is 0 Å². The number of thiophene rings is 1. The normalized spacial score (nSPS) is 12.2. The molecule has 4 aromatic heterocycles. The largest absolute Gasteiger partial charge is 0.467 e. The molecule has 0 bridgehead atoms. The molecule has 0 fully saturated rings. The number of carbonyl (C=O) groups is 2. The number of rotatable bonds is 7. The van der Waals surface area contributed by atoms with Crippen LogP contribution in [0.1, 0.15) is 47.8 Å². The van der Waals surface area contributed by atoms with Gasteiger partial charge in [0, 0.05) is 24.0 Å². The minimum Gasteiger partial charge on any atom is -0.467 e. The van der Waals surface area contributed by atoms with E-state index in [1.165, 1.54) is 12.5 Å². The zero-order valence-corrected chi connectivity index (χ0v) is 17.4. The minimum absolute atomic E-state index is 0.0595. The minimum atomic E-state index is -1.13. The lowest BCUT2D eigenvalue weighted by molar-refractivity contribution is -0.130. The first kappa shape index (κ1) is 19.9. The molecule has 0 saturated carbocycles. The summed E-state index contributed by atoms with van der Waals surface area (Å²) in [6.07, 6.45) is 3.52. The van der Waals surface area contributed by atoms with Crippen molar-refractivity contribution in [2.45, 2.75) is 32.5 Å². The Bertz CT molecular complexity index is 1150. The number of hydrogen-bond acceptors (Lipinski definition) is 6. The van der Waals surface area contributed by atoms with E-state index in [2.05, 4.69) is 10.3 Å². The van der Waals surface area contributed by atoms with Crippen molar-refractivity contribution in [2.75, 3.05) is 0 Å². The zero-order valence-electron chi connectivity index (χ0n) is 16.6.